The monoisotopic (exact) mass is 218 g/mol. The van der Waals surface area contributed by atoms with Gasteiger partial charge in [-0.3, -0.25) is 4.94 Å². The van der Waals surface area contributed by atoms with E-state index in [0.29, 0.717) is 0 Å². The minimum absolute atomic E-state index is 0.215. The first kappa shape index (κ1) is 14.4. The van der Waals surface area contributed by atoms with Gasteiger partial charge in [-0.05, 0) is 6.42 Å². The van der Waals surface area contributed by atoms with Crippen LogP contribution in [0.2, 0.25) is 0 Å². The van der Waals surface area contributed by atoms with Gasteiger partial charge in [-0.2, -0.15) is 0 Å². The highest BCUT2D eigenvalue weighted by Gasteiger charge is 2.01. The minimum atomic E-state index is -0.738. The number of halogens is 1. The number of hydrogen-bond donors (Lipinski definition) is 0. The predicted octanol–water partition coefficient (Wildman–Crippen LogP) is 4.34. The zero-order chi connectivity index (χ0) is 11.4. The summed E-state index contributed by atoms with van der Waals surface area (Å²) in [6.07, 6.45) is 10.9. The Bertz CT molecular complexity index is 149. The maximum Gasteiger partial charge on any atom is 0.348 e. The van der Waals surface area contributed by atoms with Crippen LogP contribution >= 0.6 is 0 Å². The Kier molecular flexibility index (Phi) is 11.0. The average molecular weight is 218 g/mol. The Morgan fingerprint density at radius 3 is 1.87 bits per heavy atom. The molecule has 0 spiro atoms. The second kappa shape index (κ2) is 11.5. The van der Waals surface area contributed by atoms with Crippen LogP contribution in [0.4, 0.5) is 4.53 Å². The molecule has 0 aliphatic rings. The fourth-order valence-corrected chi connectivity index (χ4v) is 1.62. The normalized spacial score (nSPS) is 10.3. The summed E-state index contributed by atoms with van der Waals surface area (Å²) in [6, 6.07) is 0. The summed E-state index contributed by atoms with van der Waals surface area (Å²) in [4.78, 5) is 13.5. The van der Waals surface area contributed by atoms with Crippen molar-refractivity contribution in [3.63, 3.8) is 0 Å². The van der Waals surface area contributed by atoms with Crippen molar-refractivity contribution >= 4 is 5.97 Å². The van der Waals surface area contributed by atoms with Crippen LogP contribution < -0.4 is 0 Å². The number of unbranched alkanes of at least 4 members (excludes halogenated alkanes) is 8. The first-order valence-corrected chi connectivity index (χ1v) is 6.12. The third-order valence-electron chi connectivity index (χ3n) is 2.57. The predicted molar refractivity (Wildman–Crippen MR) is 59.0 cm³/mol. The smallest absolute Gasteiger partial charge is 0.255 e. The molecule has 0 atom stereocenters. The van der Waals surface area contributed by atoms with Gasteiger partial charge < -0.3 is 0 Å². The topological polar surface area (TPSA) is 26.3 Å². The highest BCUT2D eigenvalue weighted by atomic mass is 19.3. The average Bonchev–Trinajstić information content (AvgIpc) is 2.26. The second-order valence-electron chi connectivity index (χ2n) is 4.03. The molecule has 0 bridgehead atoms. The largest absolute Gasteiger partial charge is 0.348 e. The molecule has 0 saturated carbocycles. The van der Waals surface area contributed by atoms with E-state index in [9.17, 15) is 9.32 Å². The molecular weight excluding hydrogens is 195 g/mol. The molecule has 0 heterocycles. The summed E-state index contributed by atoms with van der Waals surface area (Å²) >= 11 is 0. The lowest BCUT2D eigenvalue weighted by molar-refractivity contribution is -0.183. The van der Waals surface area contributed by atoms with Crippen LogP contribution in [-0.2, 0) is 9.74 Å². The molecular formula is C12H23FO2. The van der Waals surface area contributed by atoms with Crippen LogP contribution in [0.25, 0.3) is 0 Å². The van der Waals surface area contributed by atoms with E-state index < -0.39 is 5.97 Å². The van der Waals surface area contributed by atoms with Gasteiger partial charge in [-0.25, -0.2) is 4.79 Å². The number of carbonyl (C=O) groups is 1. The van der Waals surface area contributed by atoms with Gasteiger partial charge in [0.2, 0.25) is 0 Å². The molecule has 0 saturated heterocycles. The maximum absolute atomic E-state index is 11.3. The standard InChI is InChI=1S/C12H23FO2/c1-2-3-4-5-6-7-8-9-10-11-12(14)15-13/h2-11H2,1H3. The number of carbonyl (C=O) groups excluding carboxylic acids is 1. The van der Waals surface area contributed by atoms with Crippen molar-refractivity contribution in [1.29, 1.82) is 0 Å². The summed E-state index contributed by atoms with van der Waals surface area (Å²) in [5.41, 5.74) is 0. The zero-order valence-electron chi connectivity index (χ0n) is 9.77. The molecule has 0 aromatic carbocycles. The van der Waals surface area contributed by atoms with Gasteiger partial charge in [0, 0.05) is 10.9 Å². The summed E-state index contributed by atoms with van der Waals surface area (Å²) in [5.74, 6) is -0.738. The Morgan fingerprint density at radius 2 is 1.40 bits per heavy atom. The van der Waals surface area contributed by atoms with Crippen LogP contribution in [0.1, 0.15) is 71.1 Å². The van der Waals surface area contributed by atoms with Gasteiger partial charge in [-0.1, -0.05) is 58.3 Å². The van der Waals surface area contributed by atoms with Gasteiger partial charge in [0.25, 0.3) is 0 Å². The maximum atomic E-state index is 11.3. The van der Waals surface area contributed by atoms with E-state index in [0.717, 1.165) is 19.3 Å². The molecule has 0 N–H and O–H groups in total. The molecule has 0 fully saturated rings. The fraction of sp³-hybridized carbons (Fsp3) is 0.917. The van der Waals surface area contributed by atoms with Crippen molar-refractivity contribution in [2.24, 2.45) is 0 Å². The Labute approximate surface area is 92.1 Å². The van der Waals surface area contributed by atoms with Crippen LogP contribution in [0, 0.1) is 0 Å². The van der Waals surface area contributed by atoms with Gasteiger partial charge in [0.15, 0.2) is 0 Å². The minimum Gasteiger partial charge on any atom is -0.255 e. The van der Waals surface area contributed by atoms with Gasteiger partial charge in [0.05, 0.1) is 0 Å². The van der Waals surface area contributed by atoms with Crippen molar-refractivity contribution < 1.29 is 14.3 Å². The van der Waals surface area contributed by atoms with E-state index in [2.05, 4.69) is 11.9 Å². The lowest BCUT2D eigenvalue weighted by Crippen LogP contribution is -1.96. The fourth-order valence-electron chi connectivity index (χ4n) is 1.62. The van der Waals surface area contributed by atoms with Gasteiger partial charge in [0.1, 0.15) is 0 Å². The van der Waals surface area contributed by atoms with Crippen molar-refractivity contribution in [3.8, 4) is 0 Å². The second-order valence-corrected chi connectivity index (χ2v) is 4.03. The molecule has 0 amide bonds. The third kappa shape index (κ3) is 11.3. The summed E-state index contributed by atoms with van der Waals surface area (Å²) < 4.78 is 11.3. The molecule has 3 heteroatoms. The van der Waals surface area contributed by atoms with E-state index in [4.69, 9.17) is 0 Å². The molecule has 90 valence electrons. The van der Waals surface area contributed by atoms with Crippen LogP contribution in [0.3, 0.4) is 0 Å². The van der Waals surface area contributed by atoms with E-state index >= 15 is 0 Å². The van der Waals surface area contributed by atoms with E-state index in [1.165, 1.54) is 38.5 Å². The van der Waals surface area contributed by atoms with Crippen LogP contribution in [-0.4, -0.2) is 5.97 Å². The lowest BCUT2D eigenvalue weighted by atomic mass is 10.1. The van der Waals surface area contributed by atoms with E-state index in [-0.39, 0.29) is 6.42 Å². The highest BCUT2D eigenvalue weighted by Crippen LogP contribution is 2.10. The molecule has 0 radical (unpaired) electrons. The van der Waals surface area contributed by atoms with Crippen LogP contribution in [0.5, 0.6) is 0 Å². The third-order valence-corrected chi connectivity index (χ3v) is 2.57. The molecule has 0 rings (SSSR count). The summed E-state index contributed by atoms with van der Waals surface area (Å²) in [6.45, 7) is 2.21. The molecule has 0 aliphatic carbocycles. The number of hydrogen-bond acceptors (Lipinski definition) is 2. The van der Waals surface area contributed by atoms with Crippen molar-refractivity contribution in [1.82, 2.24) is 0 Å². The van der Waals surface area contributed by atoms with Crippen molar-refractivity contribution in [2.45, 2.75) is 71.1 Å². The summed E-state index contributed by atoms with van der Waals surface area (Å²) in [5, 5.41) is 0. The lowest BCUT2D eigenvalue weighted by Gasteiger charge is -2.00. The highest BCUT2D eigenvalue weighted by molar-refractivity contribution is 5.68. The molecule has 15 heavy (non-hydrogen) atoms. The van der Waals surface area contributed by atoms with E-state index in [1.807, 2.05) is 0 Å². The van der Waals surface area contributed by atoms with Crippen molar-refractivity contribution in [3.05, 3.63) is 0 Å². The molecule has 0 aliphatic heterocycles. The van der Waals surface area contributed by atoms with Gasteiger partial charge >= 0.3 is 5.97 Å². The SMILES string of the molecule is CCCCCCCCCCCC(=O)OF. The quantitative estimate of drug-likeness (QED) is 0.510. The van der Waals surface area contributed by atoms with Crippen LogP contribution in [0.15, 0.2) is 0 Å². The first-order chi connectivity index (χ1) is 7.31. The first-order valence-electron chi connectivity index (χ1n) is 6.12. The molecule has 2 nitrogen and oxygen atoms in total. The Morgan fingerprint density at radius 1 is 0.933 bits per heavy atom. The molecule has 0 aromatic heterocycles. The van der Waals surface area contributed by atoms with Gasteiger partial charge in [-0.15, -0.1) is 0 Å². The number of rotatable bonds is 10. The molecule has 0 aromatic rings. The zero-order valence-corrected chi connectivity index (χ0v) is 9.77. The van der Waals surface area contributed by atoms with E-state index in [1.54, 1.807) is 0 Å². The Balaban J connectivity index is 2.95. The molecule has 0 unspecified atom stereocenters. The Hall–Kier alpha value is -0.600. The summed E-state index contributed by atoms with van der Waals surface area (Å²) in [7, 11) is 0. The van der Waals surface area contributed by atoms with Crippen molar-refractivity contribution in [2.75, 3.05) is 0 Å².